The van der Waals surface area contributed by atoms with Gasteiger partial charge in [0.2, 0.25) is 0 Å². The monoisotopic (exact) mass is 505 g/mol. The van der Waals surface area contributed by atoms with Gasteiger partial charge in [0.1, 0.15) is 17.0 Å². The van der Waals surface area contributed by atoms with Crippen LogP contribution in [0.1, 0.15) is 26.6 Å². The molecule has 4 heteroatoms. The lowest BCUT2D eigenvalue weighted by atomic mass is 9.95. The van der Waals surface area contributed by atoms with Gasteiger partial charge in [-0.1, -0.05) is 106 Å². The van der Waals surface area contributed by atoms with E-state index in [9.17, 15) is 0 Å². The zero-order valence-electron chi connectivity index (χ0n) is 22.1. The topological polar surface area (TPSA) is 51.8 Å². The van der Waals surface area contributed by atoms with Gasteiger partial charge in [-0.3, -0.25) is 0 Å². The van der Waals surface area contributed by atoms with Gasteiger partial charge in [0, 0.05) is 27.3 Å². The molecule has 0 unspecified atom stereocenters. The summed E-state index contributed by atoms with van der Waals surface area (Å²) in [6, 6.07) is 37.7. The minimum atomic E-state index is -0.217. The van der Waals surface area contributed by atoms with Gasteiger partial charge in [-0.25, -0.2) is 15.0 Å². The molecule has 7 rings (SSSR count). The number of fused-ring (bicyclic) bond motifs is 4. The van der Waals surface area contributed by atoms with E-state index in [1.54, 1.807) is 0 Å². The number of furan rings is 1. The lowest BCUT2D eigenvalue weighted by Gasteiger charge is -2.18. The number of hydrogen-bond donors (Lipinski definition) is 0. The number of nitrogens with zero attached hydrogens (tertiary/aromatic N) is 3. The van der Waals surface area contributed by atoms with E-state index in [0.717, 1.165) is 50.0 Å². The first-order valence-corrected chi connectivity index (χ1v) is 13.2. The van der Waals surface area contributed by atoms with Crippen molar-refractivity contribution < 1.29 is 4.42 Å². The molecule has 0 radical (unpaired) electrons. The smallest absolute Gasteiger partial charge is 0.163 e. The molecule has 0 aliphatic heterocycles. The molecule has 0 aliphatic rings. The summed E-state index contributed by atoms with van der Waals surface area (Å²) in [6.45, 7) is 6.40. The molecule has 0 N–H and O–H groups in total. The Morgan fingerprint density at radius 2 is 1.10 bits per heavy atom. The fourth-order valence-electron chi connectivity index (χ4n) is 5.02. The molecular formula is C35H27N3O. The van der Waals surface area contributed by atoms with Gasteiger partial charge in [0.15, 0.2) is 11.6 Å². The molecule has 0 aliphatic carbocycles. The van der Waals surface area contributed by atoms with Gasteiger partial charge >= 0.3 is 0 Å². The predicted octanol–water partition coefficient (Wildman–Crippen LogP) is 9.22. The number of aromatic nitrogens is 3. The summed E-state index contributed by atoms with van der Waals surface area (Å²) in [5, 5.41) is 4.64. The highest BCUT2D eigenvalue weighted by Crippen LogP contribution is 2.33. The Balaban J connectivity index is 1.28. The van der Waals surface area contributed by atoms with Crippen molar-refractivity contribution in [2.75, 3.05) is 0 Å². The standard InChI is InChI=1S/C35H27N3O/c1-35(2,3)34-37-32(36-33(38-34)27-17-14-22-8-4-5-9-25(22)20-27)24-15-12-23(13-16-24)26-18-19-29-28-10-6-7-11-30(28)39-31(29)21-26/h4-21H,1-3H3. The van der Waals surface area contributed by atoms with Crippen molar-refractivity contribution in [1.82, 2.24) is 15.0 Å². The first kappa shape index (κ1) is 23.3. The lowest BCUT2D eigenvalue weighted by molar-refractivity contribution is 0.543. The van der Waals surface area contributed by atoms with Crippen LogP contribution in [0.2, 0.25) is 0 Å². The van der Waals surface area contributed by atoms with Crippen LogP contribution >= 0.6 is 0 Å². The zero-order valence-corrected chi connectivity index (χ0v) is 22.1. The molecule has 0 fully saturated rings. The van der Waals surface area contributed by atoms with Crippen LogP contribution in [-0.4, -0.2) is 15.0 Å². The molecule has 0 spiro atoms. The van der Waals surface area contributed by atoms with Crippen LogP contribution < -0.4 is 0 Å². The van der Waals surface area contributed by atoms with E-state index in [4.69, 9.17) is 19.4 Å². The Morgan fingerprint density at radius 3 is 1.90 bits per heavy atom. The first-order chi connectivity index (χ1) is 18.9. The number of rotatable bonds is 3. The van der Waals surface area contributed by atoms with Crippen molar-refractivity contribution in [3.63, 3.8) is 0 Å². The third kappa shape index (κ3) is 4.24. The Kier molecular flexibility index (Phi) is 5.31. The van der Waals surface area contributed by atoms with Crippen LogP contribution in [0.25, 0.3) is 66.6 Å². The van der Waals surface area contributed by atoms with Gasteiger partial charge < -0.3 is 4.42 Å². The van der Waals surface area contributed by atoms with Crippen LogP contribution in [0.3, 0.4) is 0 Å². The summed E-state index contributed by atoms with van der Waals surface area (Å²) in [4.78, 5) is 14.7. The zero-order chi connectivity index (χ0) is 26.6. The van der Waals surface area contributed by atoms with E-state index in [1.807, 2.05) is 18.2 Å². The third-order valence-corrected chi connectivity index (χ3v) is 7.17. The molecule has 0 amide bonds. The normalized spacial score (nSPS) is 12.0. The molecule has 7 aromatic rings. The molecule has 0 atom stereocenters. The summed E-state index contributed by atoms with van der Waals surface area (Å²) >= 11 is 0. The fraction of sp³-hybridized carbons (Fsp3) is 0.114. The second-order valence-corrected chi connectivity index (χ2v) is 11.0. The molecule has 188 valence electrons. The van der Waals surface area contributed by atoms with Crippen LogP contribution in [-0.2, 0) is 5.41 Å². The van der Waals surface area contributed by atoms with E-state index in [2.05, 4.69) is 112 Å². The largest absolute Gasteiger partial charge is 0.456 e. The van der Waals surface area contributed by atoms with Crippen molar-refractivity contribution in [2.24, 2.45) is 0 Å². The molecule has 2 heterocycles. The Labute approximate surface area is 227 Å². The molecule has 5 aromatic carbocycles. The maximum atomic E-state index is 6.11. The number of benzene rings is 5. The molecule has 0 saturated carbocycles. The number of para-hydroxylation sites is 1. The maximum absolute atomic E-state index is 6.11. The summed E-state index contributed by atoms with van der Waals surface area (Å²) in [5.74, 6) is 2.14. The quantitative estimate of drug-likeness (QED) is 0.240. The average molecular weight is 506 g/mol. The second-order valence-electron chi connectivity index (χ2n) is 11.0. The number of hydrogen-bond acceptors (Lipinski definition) is 4. The van der Waals surface area contributed by atoms with Gasteiger partial charge in [0.05, 0.1) is 0 Å². The molecular weight excluding hydrogens is 478 g/mol. The summed E-state index contributed by atoms with van der Waals surface area (Å²) in [7, 11) is 0. The van der Waals surface area contributed by atoms with Crippen LogP contribution in [0.5, 0.6) is 0 Å². The van der Waals surface area contributed by atoms with E-state index in [-0.39, 0.29) is 5.41 Å². The second kappa shape index (κ2) is 8.88. The Hall–Kier alpha value is -4.83. The summed E-state index contributed by atoms with van der Waals surface area (Å²) < 4.78 is 6.11. The fourth-order valence-corrected chi connectivity index (χ4v) is 5.02. The molecule has 0 bridgehead atoms. The highest BCUT2D eigenvalue weighted by Gasteiger charge is 2.21. The van der Waals surface area contributed by atoms with Crippen molar-refractivity contribution in [1.29, 1.82) is 0 Å². The third-order valence-electron chi connectivity index (χ3n) is 7.17. The van der Waals surface area contributed by atoms with Gasteiger partial charge in [-0.2, -0.15) is 0 Å². The average Bonchev–Trinajstić information content (AvgIpc) is 3.34. The maximum Gasteiger partial charge on any atom is 0.163 e. The SMILES string of the molecule is CC(C)(C)c1nc(-c2ccc(-c3ccc4c(c3)oc3ccccc34)cc2)nc(-c2ccc3ccccc3c2)n1. The minimum Gasteiger partial charge on any atom is -0.456 e. The van der Waals surface area contributed by atoms with Gasteiger partial charge in [-0.05, 0) is 46.2 Å². The first-order valence-electron chi connectivity index (χ1n) is 13.2. The molecule has 0 saturated heterocycles. The lowest BCUT2D eigenvalue weighted by Crippen LogP contribution is -2.18. The Morgan fingerprint density at radius 1 is 0.487 bits per heavy atom. The predicted molar refractivity (Wildman–Crippen MR) is 160 cm³/mol. The van der Waals surface area contributed by atoms with Crippen molar-refractivity contribution in [3.05, 3.63) is 115 Å². The van der Waals surface area contributed by atoms with Crippen molar-refractivity contribution >= 4 is 32.7 Å². The minimum absolute atomic E-state index is 0.217. The summed E-state index contributed by atoms with van der Waals surface area (Å²) in [5.41, 5.74) is 5.75. The summed E-state index contributed by atoms with van der Waals surface area (Å²) in [6.07, 6.45) is 0. The Bertz CT molecular complexity index is 2000. The highest BCUT2D eigenvalue weighted by molar-refractivity contribution is 6.05. The molecule has 2 aromatic heterocycles. The van der Waals surface area contributed by atoms with Crippen molar-refractivity contribution in [2.45, 2.75) is 26.2 Å². The molecule has 4 nitrogen and oxygen atoms in total. The van der Waals surface area contributed by atoms with E-state index < -0.39 is 0 Å². The van der Waals surface area contributed by atoms with Gasteiger partial charge in [0.25, 0.3) is 0 Å². The van der Waals surface area contributed by atoms with Gasteiger partial charge in [-0.15, -0.1) is 0 Å². The van der Waals surface area contributed by atoms with E-state index >= 15 is 0 Å². The highest BCUT2D eigenvalue weighted by atomic mass is 16.3. The molecule has 39 heavy (non-hydrogen) atoms. The van der Waals surface area contributed by atoms with E-state index in [1.165, 1.54) is 10.8 Å². The van der Waals surface area contributed by atoms with Crippen LogP contribution in [0.15, 0.2) is 114 Å². The van der Waals surface area contributed by atoms with Crippen molar-refractivity contribution in [3.8, 4) is 33.9 Å². The van der Waals surface area contributed by atoms with E-state index in [0.29, 0.717) is 11.6 Å². The van der Waals surface area contributed by atoms with Crippen LogP contribution in [0, 0.1) is 0 Å². The van der Waals surface area contributed by atoms with Crippen LogP contribution in [0.4, 0.5) is 0 Å².